The summed E-state index contributed by atoms with van der Waals surface area (Å²) >= 11 is 4.13. The van der Waals surface area contributed by atoms with E-state index in [4.69, 9.17) is 28.7 Å². The number of imidazole rings is 1. The molecule has 0 saturated carbocycles. The number of nitrogens with one attached hydrogen (secondary N) is 4. The Morgan fingerprint density at radius 3 is 1.90 bits per heavy atom. The summed E-state index contributed by atoms with van der Waals surface area (Å²) in [7, 11) is 0. The van der Waals surface area contributed by atoms with Crippen molar-refractivity contribution in [2.45, 2.75) is 56.3 Å². The highest BCUT2D eigenvalue weighted by atomic mass is 32.1. The topological polar surface area (TPSA) is 308 Å². The van der Waals surface area contributed by atoms with E-state index in [0.29, 0.717) is 5.69 Å². The number of carboxylic acids is 1. The van der Waals surface area contributed by atoms with E-state index >= 15 is 0 Å². The van der Waals surface area contributed by atoms with E-state index < -0.39 is 47.9 Å². The number of carbonyl (C=O) groups is 4. The van der Waals surface area contributed by atoms with E-state index in [2.05, 4.69) is 48.5 Å². The lowest BCUT2D eigenvalue weighted by Gasteiger charge is -2.24. The average Bonchev–Trinajstić information content (AvgIpc) is 3.38. The van der Waals surface area contributed by atoms with Gasteiger partial charge in [0.05, 0.1) is 12.4 Å². The van der Waals surface area contributed by atoms with E-state index in [1.807, 2.05) is 0 Å². The summed E-state index contributed by atoms with van der Waals surface area (Å²) in [4.78, 5) is 64.5. The van der Waals surface area contributed by atoms with E-state index in [1.54, 1.807) is 0 Å². The standard InChI is InChI=1S/C21H38N12O5S/c22-12(7-11-8-27-10-30-11)16(34)33-15(9-39)18(36)31-13(3-1-5-28-20(23)24)17(35)32-14(19(37)38)4-2-6-29-21(25)26/h8,10,12-15,39H,1-7,9,22H2,(H,27,30)(H,31,36)(H,32,35)(H,33,34)(H,37,38)(H4,23,24,28)(H4,25,26,29). The van der Waals surface area contributed by atoms with Gasteiger partial charge in [-0.2, -0.15) is 12.6 Å². The number of guanidine groups is 2. The van der Waals surface area contributed by atoms with Crippen molar-refractivity contribution in [1.29, 1.82) is 0 Å². The summed E-state index contributed by atoms with van der Waals surface area (Å²) in [6.07, 6.45) is 3.79. The molecule has 1 aromatic rings. The zero-order valence-electron chi connectivity index (χ0n) is 21.4. The molecule has 3 amide bonds. The van der Waals surface area contributed by atoms with Gasteiger partial charge in [0.1, 0.15) is 18.1 Å². The number of carbonyl (C=O) groups excluding carboxylic acids is 3. The molecule has 0 aliphatic rings. The first-order valence-electron chi connectivity index (χ1n) is 12.0. The molecule has 4 unspecified atom stereocenters. The van der Waals surface area contributed by atoms with Crippen molar-refractivity contribution in [2.75, 3.05) is 18.8 Å². The van der Waals surface area contributed by atoms with Gasteiger partial charge in [-0.25, -0.2) is 9.78 Å². The van der Waals surface area contributed by atoms with Crippen LogP contribution in [0.2, 0.25) is 0 Å². The number of carboxylic acid groups (broad SMARTS) is 1. The highest BCUT2D eigenvalue weighted by Gasteiger charge is 2.29. The molecule has 4 atom stereocenters. The van der Waals surface area contributed by atoms with Crippen molar-refractivity contribution in [3.63, 3.8) is 0 Å². The third-order valence-corrected chi connectivity index (χ3v) is 5.65. The second kappa shape index (κ2) is 17.4. The van der Waals surface area contributed by atoms with Gasteiger partial charge >= 0.3 is 5.97 Å². The fourth-order valence-corrected chi connectivity index (χ4v) is 3.53. The fourth-order valence-electron chi connectivity index (χ4n) is 3.28. The number of nitrogens with two attached hydrogens (primary N) is 5. The van der Waals surface area contributed by atoms with Crippen LogP contribution in [0.5, 0.6) is 0 Å². The second-order valence-corrected chi connectivity index (χ2v) is 8.85. The molecule has 15 N–H and O–H groups in total. The van der Waals surface area contributed by atoms with E-state index in [0.717, 1.165) is 0 Å². The number of aliphatic imine (C=N–C) groups is 2. The zero-order valence-corrected chi connectivity index (χ0v) is 22.3. The van der Waals surface area contributed by atoms with Crippen molar-refractivity contribution in [2.24, 2.45) is 38.7 Å². The highest BCUT2D eigenvalue weighted by Crippen LogP contribution is 2.05. The van der Waals surface area contributed by atoms with Gasteiger partial charge < -0.3 is 54.7 Å². The minimum Gasteiger partial charge on any atom is -0.480 e. The summed E-state index contributed by atoms with van der Waals surface area (Å²) in [5, 5.41) is 17.0. The number of thiol groups is 1. The van der Waals surface area contributed by atoms with Gasteiger partial charge in [0.15, 0.2) is 11.9 Å². The number of aromatic amines is 1. The van der Waals surface area contributed by atoms with Gasteiger partial charge in [-0.1, -0.05) is 0 Å². The maximum Gasteiger partial charge on any atom is 0.326 e. The molecule has 18 heteroatoms. The van der Waals surface area contributed by atoms with E-state index in [9.17, 15) is 24.3 Å². The summed E-state index contributed by atoms with van der Waals surface area (Å²) in [6.45, 7) is 0.338. The van der Waals surface area contributed by atoms with Crippen molar-refractivity contribution in [3.05, 3.63) is 18.2 Å². The van der Waals surface area contributed by atoms with Gasteiger partial charge in [-0.15, -0.1) is 0 Å². The van der Waals surface area contributed by atoms with Gasteiger partial charge in [-0.05, 0) is 25.7 Å². The number of amides is 3. The maximum absolute atomic E-state index is 13.0. The van der Waals surface area contributed by atoms with Crippen LogP contribution in [0, 0.1) is 0 Å². The van der Waals surface area contributed by atoms with Crippen LogP contribution in [0.25, 0.3) is 0 Å². The van der Waals surface area contributed by atoms with Gasteiger partial charge in [0.2, 0.25) is 17.7 Å². The molecule has 0 aliphatic carbocycles. The summed E-state index contributed by atoms with van der Waals surface area (Å²) in [6, 6.07) is -4.53. The van der Waals surface area contributed by atoms with Crippen molar-refractivity contribution in [1.82, 2.24) is 25.9 Å². The predicted molar refractivity (Wildman–Crippen MR) is 147 cm³/mol. The minimum atomic E-state index is -1.27. The van der Waals surface area contributed by atoms with E-state index in [1.165, 1.54) is 12.5 Å². The Kier molecular flexibility index (Phi) is 14.8. The Morgan fingerprint density at radius 1 is 0.897 bits per heavy atom. The number of hydrogen-bond acceptors (Lipinski definition) is 9. The molecule has 218 valence electrons. The Balaban J connectivity index is 2.88. The van der Waals surface area contributed by atoms with Crippen molar-refractivity contribution >= 4 is 48.2 Å². The molecule has 0 fully saturated rings. The molecule has 0 saturated heterocycles. The highest BCUT2D eigenvalue weighted by molar-refractivity contribution is 7.80. The summed E-state index contributed by atoms with van der Waals surface area (Å²) in [5.41, 5.74) is 27.7. The Morgan fingerprint density at radius 2 is 1.41 bits per heavy atom. The number of H-pyrrole nitrogens is 1. The van der Waals surface area contributed by atoms with Crippen LogP contribution in [0.4, 0.5) is 0 Å². The lowest BCUT2D eigenvalue weighted by atomic mass is 10.1. The maximum atomic E-state index is 13.0. The molecular weight excluding hydrogens is 532 g/mol. The first-order chi connectivity index (χ1) is 18.4. The molecule has 17 nitrogen and oxygen atoms in total. The third-order valence-electron chi connectivity index (χ3n) is 5.29. The number of aromatic nitrogens is 2. The quantitative estimate of drug-likeness (QED) is 0.0348. The average molecular weight is 571 g/mol. The zero-order chi connectivity index (χ0) is 29.4. The van der Waals surface area contributed by atoms with Crippen molar-refractivity contribution in [3.8, 4) is 0 Å². The lowest BCUT2D eigenvalue weighted by Crippen LogP contribution is -2.57. The van der Waals surface area contributed by atoms with Crippen molar-refractivity contribution < 1.29 is 24.3 Å². The van der Waals surface area contributed by atoms with Gasteiger partial charge in [0, 0.05) is 37.2 Å². The third kappa shape index (κ3) is 13.3. The van der Waals surface area contributed by atoms with Gasteiger partial charge in [-0.3, -0.25) is 24.4 Å². The molecule has 1 rings (SSSR count). The largest absolute Gasteiger partial charge is 0.480 e. The van der Waals surface area contributed by atoms with E-state index in [-0.39, 0.29) is 62.9 Å². The SMILES string of the molecule is NC(N)=NCCCC(NC(=O)C(CCCN=C(N)N)NC(=O)C(CS)NC(=O)C(N)Cc1cnc[nH]1)C(=O)O. The molecule has 0 aromatic carbocycles. The number of aliphatic carboxylic acids is 1. The summed E-state index contributed by atoms with van der Waals surface area (Å²) in [5.74, 6) is -3.72. The monoisotopic (exact) mass is 570 g/mol. The first-order valence-corrected chi connectivity index (χ1v) is 12.7. The van der Waals surface area contributed by atoms with Crippen LogP contribution < -0.4 is 44.6 Å². The molecular formula is C21H38N12O5S. The lowest BCUT2D eigenvalue weighted by molar-refractivity contribution is -0.142. The molecule has 1 aromatic heterocycles. The molecule has 0 aliphatic heterocycles. The molecule has 0 bridgehead atoms. The molecule has 0 radical (unpaired) electrons. The number of hydrogen-bond donors (Lipinski definition) is 11. The van der Waals surface area contributed by atoms with Crippen LogP contribution >= 0.6 is 12.6 Å². The van der Waals surface area contributed by atoms with Crippen LogP contribution in [0.15, 0.2) is 22.5 Å². The fraction of sp³-hybridized carbons (Fsp3) is 0.571. The first kappa shape index (κ1) is 33.0. The Bertz CT molecular complexity index is 995. The predicted octanol–water partition coefficient (Wildman–Crippen LogP) is -4.14. The number of rotatable bonds is 18. The molecule has 39 heavy (non-hydrogen) atoms. The van der Waals surface area contributed by atoms with Crippen LogP contribution in [-0.4, -0.2) is 93.7 Å². The van der Waals surface area contributed by atoms with Crippen LogP contribution in [0.3, 0.4) is 0 Å². The molecule has 1 heterocycles. The van der Waals surface area contributed by atoms with Crippen LogP contribution in [0.1, 0.15) is 31.4 Å². The Labute approximate surface area is 230 Å². The molecule has 0 spiro atoms. The number of nitrogens with zero attached hydrogens (tertiary/aromatic N) is 3. The minimum absolute atomic E-state index is 0.0378. The van der Waals surface area contributed by atoms with Crippen LogP contribution in [-0.2, 0) is 25.6 Å². The van der Waals surface area contributed by atoms with Gasteiger partial charge in [0.25, 0.3) is 0 Å². The smallest absolute Gasteiger partial charge is 0.326 e. The normalized spacial score (nSPS) is 13.7. The second-order valence-electron chi connectivity index (χ2n) is 8.49. The summed E-state index contributed by atoms with van der Waals surface area (Å²) < 4.78 is 0. The Hall–Kier alpha value is -4.06.